The first kappa shape index (κ1) is 13.8. The number of rotatable bonds is 2. The van der Waals surface area contributed by atoms with E-state index in [0.717, 1.165) is 22.3 Å². The molecule has 3 fully saturated rings. The second-order valence-corrected chi connectivity index (χ2v) is 6.72. The van der Waals surface area contributed by atoms with Crippen molar-refractivity contribution in [2.45, 2.75) is 38.8 Å². The number of nitrogens with zero attached hydrogens (tertiary/aromatic N) is 1. The number of hydrogen-bond donors (Lipinski definition) is 1. The second kappa shape index (κ2) is 5.13. The lowest BCUT2D eigenvalue weighted by molar-refractivity contribution is 0.0217. The van der Waals surface area contributed by atoms with Gasteiger partial charge in [-0.1, -0.05) is 0 Å². The Balaban J connectivity index is 1.55. The quantitative estimate of drug-likeness (QED) is 0.927. The molecule has 1 aromatic heterocycles. The first-order valence-electron chi connectivity index (χ1n) is 8.17. The summed E-state index contributed by atoms with van der Waals surface area (Å²) in [5.41, 5.74) is 1.56. The van der Waals surface area contributed by atoms with Crippen LogP contribution in [0.3, 0.4) is 0 Å². The van der Waals surface area contributed by atoms with Gasteiger partial charge in [0, 0.05) is 23.0 Å². The molecule has 0 aliphatic carbocycles. The van der Waals surface area contributed by atoms with Gasteiger partial charge in [-0.15, -0.1) is 0 Å². The van der Waals surface area contributed by atoms with Crippen molar-refractivity contribution >= 4 is 16.9 Å². The molecule has 1 N–H and O–H groups in total. The number of fused-ring (bicyclic) bond motifs is 4. The minimum absolute atomic E-state index is 0.0337. The van der Waals surface area contributed by atoms with Gasteiger partial charge in [0.15, 0.2) is 0 Å². The Morgan fingerprint density at radius 2 is 2.05 bits per heavy atom. The van der Waals surface area contributed by atoms with Crippen molar-refractivity contribution in [1.82, 2.24) is 10.2 Å². The van der Waals surface area contributed by atoms with E-state index in [-0.39, 0.29) is 11.9 Å². The van der Waals surface area contributed by atoms with Crippen LogP contribution in [-0.2, 0) is 0 Å². The molecule has 3 saturated heterocycles. The van der Waals surface area contributed by atoms with Crippen LogP contribution < -0.4 is 5.32 Å². The summed E-state index contributed by atoms with van der Waals surface area (Å²) in [5.74, 6) is 1.54. The van der Waals surface area contributed by atoms with Crippen LogP contribution >= 0.6 is 0 Å². The lowest BCUT2D eigenvalue weighted by Crippen LogP contribution is -2.62. The highest BCUT2D eigenvalue weighted by Gasteiger charge is 2.40. The third-order valence-electron chi connectivity index (χ3n) is 5.38. The summed E-state index contributed by atoms with van der Waals surface area (Å²) in [6, 6.07) is 8.35. The molecule has 2 atom stereocenters. The Labute approximate surface area is 130 Å². The maximum absolute atomic E-state index is 12.6. The molecule has 22 heavy (non-hydrogen) atoms. The van der Waals surface area contributed by atoms with E-state index >= 15 is 0 Å². The number of benzene rings is 1. The smallest absolute Gasteiger partial charge is 0.251 e. The molecule has 4 nitrogen and oxygen atoms in total. The molecule has 5 rings (SSSR count). The Morgan fingerprint density at radius 3 is 2.77 bits per heavy atom. The molecule has 2 aromatic rings. The molecular weight excluding hydrogens is 276 g/mol. The highest BCUT2D eigenvalue weighted by atomic mass is 16.3. The summed E-state index contributed by atoms with van der Waals surface area (Å²) in [7, 11) is 0. The second-order valence-electron chi connectivity index (χ2n) is 6.72. The SMILES string of the molecule is Cc1cc2cc(C(=O)N[C@@H]3C4CCN(CC4)[C@H]3C)ccc2o1. The van der Waals surface area contributed by atoms with Gasteiger partial charge in [-0.3, -0.25) is 9.69 Å². The zero-order valence-electron chi connectivity index (χ0n) is 13.1. The van der Waals surface area contributed by atoms with E-state index in [1.807, 2.05) is 31.2 Å². The van der Waals surface area contributed by atoms with E-state index < -0.39 is 0 Å². The first-order chi connectivity index (χ1) is 10.6. The predicted octanol–water partition coefficient (Wildman–Crippen LogP) is 2.95. The van der Waals surface area contributed by atoms with Crippen molar-refractivity contribution in [1.29, 1.82) is 0 Å². The highest BCUT2D eigenvalue weighted by Crippen LogP contribution is 2.32. The van der Waals surface area contributed by atoms with Gasteiger partial charge in [-0.25, -0.2) is 0 Å². The highest BCUT2D eigenvalue weighted by molar-refractivity contribution is 5.98. The summed E-state index contributed by atoms with van der Waals surface area (Å²) in [6.07, 6.45) is 2.41. The topological polar surface area (TPSA) is 45.5 Å². The fraction of sp³-hybridized carbons (Fsp3) is 0.500. The molecule has 0 radical (unpaired) electrons. The van der Waals surface area contributed by atoms with Crippen LogP contribution in [0.4, 0.5) is 0 Å². The van der Waals surface area contributed by atoms with Gasteiger partial charge in [0.05, 0.1) is 0 Å². The molecule has 4 heterocycles. The lowest BCUT2D eigenvalue weighted by Gasteiger charge is -2.49. The maximum atomic E-state index is 12.6. The molecule has 0 spiro atoms. The molecule has 116 valence electrons. The van der Waals surface area contributed by atoms with Crippen molar-refractivity contribution in [2.24, 2.45) is 5.92 Å². The van der Waals surface area contributed by atoms with Crippen LogP contribution in [-0.4, -0.2) is 36.0 Å². The van der Waals surface area contributed by atoms with Crippen LogP contribution in [0, 0.1) is 12.8 Å². The standard InChI is InChI=1S/C18H22N2O2/c1-11-9-15-10-14(3-4-16(15)22-11)18(21)19-17-12(2)20-7-5-13(17)6-8-20/h3-4,9-10,12-13,17H,5-8H2,1-2H3,(H,19,21)/t12-,17-/m0/s1. The van der Waals surface area contributed by atoms with E-state index in [9.17, 15) is 4.79 Å². The average Bonchev–Trinajstić information content (AvgIpc) is 2.90. The fourth-order valence-corrected chi connectivity index (χ4v) is 4.10. The van der Waals surface area contributed by atoms with Crippen molar-refractivity contribution in [2.75, 3.05) is 13.1 Å². The lowest BCUT2D eigenvalue weighted by atomic mass is 9.79. The van der Waals surface area contributed by atoms with E-state index in [1.54, 1.807) is 0 Å². The molecular formula is C18H22N2O2. The van der Waals surface area contributed by atoms with Gasteiger partial charge < -0.3 is 9.73 Å². The van der Waals surface area contributed by atoms with E-state index in [1.165, 1.54) is 25.9 Å². The van der Waals surface area contributed by atoms with Gasteiger partial charge in [-0.05, 0) is 70.0 Å². The van der Waals surface area contributed by atoms with Gasteiger partial charge in [0.25, 0.3) is 5.91 Å². The molecule has 1 amide bonds. The van der Waals surface area contributed by atoms with Crippen molar-refractivity contribution in [3.05, 3.63) is 35.6 Å². The van der Waals surface area contributed by atoms with Crippen molar-refractivity contribution in [3.8, 4) is 0 Å². The average molecular weight is 298 g/mol. The number of carbonyl (C=O) groups is 1. The summed E-state index contributed by atoms with van der Waals surface area (Å²) >= 11 is 0. The molecule has 0 saturated carbocycles. The number of nitrogens with one attached hydrogen (secondary N) is 1. The van der Waals surface area contributed by atoms with Gasteiger partial charge >= 0.3 is 0 Å². The Kier molecular flexibility index (Phi) is 3.22. The minimum atomic E-state index is 0.0337. The van der Waals surface area contributed by atoms with Gasteiger partial charge in [-0.2, -0.15) is 0 Å². The molecule has 1 aromatic carbocycles. The Morgan fingerprint density at radius 1 is 1.27 bits per heavy atom. The number of amides is 1. The monoisotopic (exact) mass is 298 g/mol. The molecule has 0 unspecified atom stereocenters. The Bertz CT molecular complexity index is 711. The molecule has 3 aliphatic heterocycles. The summed E-state index contributed by atoms with van der Waals surface area (Å²) in [4.78, 5) is 15.1. The third-order valence-corrected chi connectivity index (χ3v) is 5.38. The first-order valence-corrected chi connectivity index (χ1v) is 8.17. The van der Waals surface area contributed by atoms with Gasteiger partial charge in [0.1, 0.15) is 11.3 Å². The molecule has 4 heteroatoms. The van der Waals surface area contributed by atoms with Crippen LogP contribution in [0.1, 0.15) is 35.9 Å². The predicted molar refractivity (Wildman–Crippen MR) is 86.0 cm³/mol. The van der Waals surface area contributed by atoms with E-state index in [2.05, 4.69) is 17.1 Å². The van der Waals surface area contributed by atoms with Crippen LogP contribution in [0.5, 0.6) is 0 Å². The summed E-state index contributed by atoms with van der Waals surface area (Å²) in [6.45, 7) is 6.52. The minimum Gasteiger partial charge on any atom is -0.461 e. The van der Waals surface area contributed by atoms with Gasteiger partial charge in [0.2, 0.25) is 0 Å². The third kappa shape index (κ3) is 2.22. The number of furan rings is 1. The largest absolute Gasteiger partial charge is 0.461 e. The summed E-state index contributed by atoms with van der Waals surface area (Å²) in [5, 5.41) is 4.27. The number of piperidine rings is 3. The van der Waals surface area contributed by atoms with E-state index in [4.69, 9.17) is 4.42 Å². The van der Waals surface area contributed by atoms with Crippen molar-refractivity contribution in [3.63, 3.8) is 0 Å². The molecule has 3 aliphatic rings. The van der Waals surface area contributed by atoms with Crippen LogP contribution in [0.15, 0.2) is 28.7 Å². The van der Waals surface area contributed by atoms with Crippen LogP contribution in [0.2, 0.25) is 0 Å². The molecule has 2 bridgehead atoms. The Hall–Kier alpha value is -1.81. The number of aryl methyl sites for hydroxylation is 1. The fourth-order valence-electron chi connectivity index (χ4n) is 4.10. The maximum Gasteiger partial charge on any atom is 0.251 e. The zero-order valence-corrected chi connectivity index (χ0v) is 13.1. The van der Waals surface area contributed by atoms with Crippen molar-refractivity contribution < 1.29 is 9.21 Å². The zero-order chi connectivity index (χ0) is 15.3. The normalized spacial score (nSPS) is 30.6. The summed E-state index contributed by atoms with van der Waals surface area (Å²) < 4.78 is 5.57. The van der Waals surface area contributed by atoms with Crippen LogP contribution in [0.25, 0.3) is 11.0 Å². The number of carbonyl (C=O) groups excluding carboxylic acids is 1. The van der Waals surface area contributed by atoms with E-state index in [0.29, 0.717) is 12.0 Å². The number of hydrogen-bond acceptors (Lipinski definition) is 3.